The molecule has 2 unspecified atom stereocenters. The first-order chi connectivity index (χ1) is 20.0. The van der Waals surface area contributed by atoms with Crippen molar-refractivity contribution in [3.8, 4) is 5.75 Å². The topological polar surface area (TPSA) is 105 Å². The second-order valence-corrected chi connectivity index (χ2v) is 11.2. The molecule has 0 aliphatic carbocycles. The molecule has 2 heterocycles. The zero-order valence-electron chi connectivity index (χ0n) is 26.6. The lowest BCUT2D eigenvalue weighted by atomic mass is 9.91. The molecule has 4 rings (SSSR count). The summed E-state index contributed by atoms with van der Waals surface area (Å²) in [5.41, 5.74) is 10.1. The highest BCUT2D eigenvalue weighted by molar-refractivity contribution is 5.96. The molecule has 1 aliphatic heterocycles. The Kier molecular flexibility index (Phi) is 11.0. The molecule has 2 atom stereocenters. The van der Waals surface area contributed by atoms with Gasteiger partial charge in [-0.15, -0.1) is 0 Å². The molecule has 0 bridgehead atoms. The number of hydrogen-bond donors (Lipinski definition) is 1. The van der Waals surface area contributed by atoms with Crippen LogP contribution in [-0.4, -0.2) is 60.6 Å². The van der Waals surface area contributed by atoms with E-state index in [0.717, 1.165) is 52.7 Å². The number of fused-ring (bicyclic) bond motifs is 1. The zero-order valence-corrected chi connectivity index (χ0v) is 26.6. The van der Waals surface area contributed by atoms with E-state index in [9.17, 15) is 9.59 Å². The summed E-state index contributed by atoms with van der Waals surface area (Å²) in [4.78, 5) is 27.6. The highest BCUT2D eigenvalue weighted by Gasteiger charge is 2.32. The summed E-state index contributed by atoms with van der Waals surface area (Å²) < 4.78 is 24.0. The van der Waals surface area contributed by atoms with Crippen LogP contribution in [0.4, 0.5) is 10.5 Å². The standard InChI is InChI=1S/C31H41N3O6.C2H6/c1-8-39-21-11-13-33(26(17-21)20-9-10-23(25(32)16-20)29(35)38-7)18-24-22-12-14-34(30(36)40-31(3,4)5)28(22)19(2)15-27(24)37-6;1-2/h9-10,12,14-16,21,26H,8,11,13,17-18,32H2,1-7H3;1-2H3. The van der Waals surface area contributed by atoms with Crippen LogP contribution in [0.25, 0.3) is 10.9 Å². The Bertz CT molecular complexity index is 1390. The van der Waals surface area contributed by atoms with Crippen LogP contribution in [0.1, 0.15) is 87.5 Å². The molecule has 9 nitrogen and oxygen atoms in total. The fraction of sp³-hybridized carbons (Fsp3) is 0.515. The first-order valence-corrected chi connectivity index (χ1v) is 14.7. The third-order valence-electron chi connectivity index (χ3n) is 7.33. The summed E-state index contributed by atoms with van der Waals surface area (Å²) in [7, 11) is 3.01. The number of rotatable bonds is 7. The van der Waals surface area contributed by atoms with Gasteiger partial charge in [-0.25, -0.2) is 9.59 Å². The number of piperidine rings is 1. The Morgan fingerprint density at radius 2 is 1.81 bits per heavy atom. The van der Waals surface area contributed by atoms with Crippen LogP contribution in [0.2, 0.25) is 0 Å². The molecule has 1 fully saturated rings. The first-order valence-electron chi connectivity index (χ1n) is 14.7. The van der Waals surface area contributed by atoms with E-state index in [4.69, 9.17) is 24.7 Å². The maximum Gasteiger partial charge on any atom is 0.419 e. The minimum absolute atomic E-state index is 0.00621. The Morgan fingerprint density at radius 3 is 2.40 bits per heavy atom. The van der Waals surface area contributed by atoms with Gasteiger partial charge in [-0.05, 0) is 82.9 Å². The molecule has 2 N–H and O–H groups in total. The summed E-state index contributed by atoms with van der Waals surface area (Å²) in [5.74, 6) is 0.302. The van der Waals surface area contributed by atoms with Gasteiger partial charge in [0.25, 0.3) is 0 Å². The summed E-state index contributed by atoms with van der Waals surface area (Å²) in [6.45, 7) is 15.6. The largest absolute Gasteiger partial charge is 0.496 e. The predicted molar refractivity (Wildman–Crippen MR) is 166 cm³/mol. The monoisotopic (exact) mass is 581 g/mol. The molecule has 230 valence electrons. The van der Waals surface area contributed by atoms with E-state index in [1.807, 2.05) is 72.7 Å². The number of benzene rings is 2. The van der Waals surface area contributed by atoms with Crippen molar-refractivity contribution in [2.45, 2.75) is 85.6 Å². The summed E-state index contributed by atoms with van der Waals surface area (Å²) >= 11 is 0. The molecular weight excluding hydrogens is 534 g/mol. The Labute approximate surface area is 249 Å². The number of ether oxygens (including phenoxy) is 4. The van der Waals surface area contributed by atoms with Crippen LogP contribution in [-0.2, 0) is 20.8 Å². The minimum atomic E-state index is -0.611. The van der Waals surface area contributed by atoms with Crippen LogP contribution < -0.4 is 10.5 Å². The molecule has 42 heavy (non-hydrogen) atoms. The second-order valence-electron chi connectivity index (χ2n) is 11.2. The molecule has 1 aliphatic rings. The zero-order chi connectivity index (χ0) is 31.2. The lowest BCUT2D eigenvalue weighted by Gasteiger charge is -2.40. The summed E-state index contributed by atoms with van der Waals surface area (Å²) in [6, 6.07) is 9.45. The van der Waals surface area contributed by atoms with Crippen LogP contribution in [0.3, 0.4) is 0 Å². The third kappa shape index (κ3) is 7.25. The van der Waals surface area contributed by atoms with Gasteiger partial charge in [0.05, 0.1) is 31.4 Å². The molecule has 2 aromatic carbocycles. The summed E-state index contributed by atoms with van der Waals surface area (Å²) in [5, 5.41) is 0.939. The van der Waals surface area contributed by atoms with Crippen molar-refractivity contribution in [2.24, 2.45) is 0 Å². The molecule has 0 radical (unpaired) electrons. The molecule has 1 aromatic heterocycles. The van der Waals surface area contributed by atoms with Crippen LogP contribution in [0.15, 0.2) is 36.5 Å². The number of aromatic nitrogens is 1. The van der Waals surface area contributed by atoms with E-state index in [0.29, 0.717) is 24.4 Å². The lowest BCUT2D eigenvalue weighted by molar-refractivity contribution is -0.0138. The van der Waals surface area contributed by atoms with E-state index < -0.39 is 17.7 Å². The van der Waals surface area contributed by atoms with Crippen molar-refractivity contribution >= 4 is 28.7 Å². The number of aryl methyl sites for hydroxylation is 1. The van der Waals surface area contributed by atoms with E-state index in [2.05, 4.69) is 4.90 Å². The van der Waals surface area contributed by atoms with Crippen LogP contribution >= 0.6 is 0 Å². The van der Waals surface area contributed by atoms with Gasteiger partial charge >= 0.3 is 12.1 Å². The molecule has 9 heteroatoms. The van der Waals surface area contributed by atoms with Gasteiger partial charge < -0.3 is 24.7 Å². The van der Waals surface area contributed by atoms with Gasteiger partial charge in [0.15, 0.2) is 0 Å². The van der Waals surface area contributed by atoms with Gasteiger partial charge in [-0.3, -0.25) is 9.47 Å². The number of methoxy groups -OCH3 is 2. The average molecular weight is 582 g/mol. The Morgan fingerprint density at radius 1 is 1.10 bits per heavy atom. The van der Waals surface area contributed by atoms with Gasteiger partial charge in [-0.1, -0.05) is 19.9 Å². The number of anilines is 1. The number of nitrogens with zero attached hydrogens (tertiary/aromatic N) is 2. The number of carbonyl (C=O) groups excluding carboxylic acids is 2. The first kappa shape index (κ1) is 32.9. The number of nitrogens with two attached hydrogens (primary N) is 1. The average Bonchev–Trinajstić information content (AvgIpc) is 3.41. The lowest BCUT2D eigenvalue weighted by Crippen LogP contribution is -2.39. The number of hydrogen-bond acceptors (Lipinski definition) is 8. The van der Waals surface area contributed by atoms with E-state index >= 15 is 0 Å². The number of nitrogen functional groups attached to an aromatic ring is 1. The fourth-order valence-electron chi connectivity index (χ4n) is 5.56. The Balaban J connectivity index is 0.00000237. The third-order valence-corrected chi connectivity index (χ3v) is 7.33. The SMILES string of the molecule is CC.CCOC1CCN(Cc2c(OC)cc(C)c3c2ccn3C(=O)OC(C)(C)C)C(c2ccc(C(=O)OC)c(N)c2)C1. The van der Waals surface area contributed by atoms with Crippen molar-refractivity contribution in [1.82, 2.24) is 9.47 Å². The normalized spacial score (nSPS) is 17.4. The highest BCUT2D eigenvalue weighted by Crippen LogP contribution is 2.39. The molecule has 0 saturated carbocycles. The van der Waals surface area contributed by atoms with E-state index in [1.54, 1.807) is 23.9 Å². The molecule has 0 spiro atoms. The smallest absolute Gasteiger partial charge is 0.419 e. The Hall–Kier alpha value is -3.56. The fourth-order valence-corrected chi connectivity index (χ4v) is 5.56. The highest BCUT2D eigenvalue weighted by atomic mass is 16.6. The maximum atomic E-state index is 13.0. The molecule has 1 saturated heterocycles. The van der Waals surface area contributed by atoms with Gasteiger partial charge in [-0.2, -0.15) is 0 Å². The van der Waals surface area contributed by atoms with Crippen molar-refractivity contribution in [2.75, 3.05) is 33.1 Å². The van der Waals surface area contributed by atoms with E-state index in [-0.39, 0.29) is 12.1 Å². The van der Waals surface area contributed by atoms with E-state index in [1.165, 1.54) is 7.11 Å². The van der Waals surface area contributed by atoms with Gasteiger partial charge in [0.1, 0.15) is 11.4 Å². The van der Waals surface area contributed by atoms with Gasteiger partial charge in [0, 0.05) is 48.6 Å². The van der Waals surface area contributed by atoms with Crippen LogP contribution in [0, 0.1) is 6.92 Å². The molecule has 0 amide bonds. The second kappa shape index (κ2) is 14.1. The van der Waals surface area contributed by atoms with Gasteiger partial charge in [0.2, 0.25) is 0 Å². The van der Waals surface area contributed by atoms with Crippen molar-refractivity contribution in [3.63, 3.8) is 0 Å². The number of carbonyl (C=O) groups is 2. The van der Waals surface area contributed by atoms with Crippen molar-refractivity contribution in [3.05, 3.63) is 58.8 Å². The molecule has 3 aromatic rings. The van der Waals surface area contributed by atoms with Crippen molar-refractivity contribution < 1.29 is 28.5 Å². The quantitative estimate of drug-likeness (QED) is 0.238. The van der Waals surface area contributed by atoms with Crippen LogP contribution in [0.5, 0.6) is 5.75 Å². The summed E-state index contributed by atoms with van der Waals surface area (Å²) in [6.07, 6.45) is 3.12. The predicted octanol–water partition coefficient (Wildman–Crippen LogP) is 6.88. The maximum absolute atomic E-state index is 13.0. The molecular formula is C33H47N3O6. The van der Waals surface area contributed by atoms with Crippen molar-refractivity contribution in [1.29, 1.82) is 0 Å². The number of likely N-dealkylation sites (tertiary alicyclic amines) is 1. The number of esters is 1. The minimum Gasteiger partial charge on any atom is -0.496 e.